The molecule has 9 nitrogen and oxygen atoms in total. The third-order valence-corrected chi connectivity index (χ3v) is 6.16. The standard InChI is InChI=1S/C24H23N5O4/c1-27-22(31)17-7-6-16(13-18(17)23(27)32)25-21(30)14-28-8-10-29(11-9-28)24(33)20-12-15-4-2-3-5-19(15)26-20/h2-7,12-13,26H,8-11,14H2,1H3,(H,25,30). The Labute approximate surface area is 189 Å². The van der Waals surface area contributed by atoms with Crippen LogP contribution in [0.15, 0.2) is 48.5 Å². The summed E-state index contributed by atoms with van der Waals surface area (Å²) in [5.41, 5.74) is 2.61. The summed E-state index contributed by atoms with van der Waals surface area (Å²) in [6.45, 7) is 2.41. The van der Waals surface area contributed by atoms with E-state index in [-0.39, 0.29) is 30.2 Å². The van der Waals surface area contributed by atoms with Crippen LogP contribution >= 0.6 is 0 Å². The number of H-pyrrole nitrogens is 1. The summed E-state index contributed by atoms with van der Waals surface area (Å²) in [7, 11) is 1.44. The number of imide groups is 1. The molecule has 9 heteroatoms. The molecule has 2 aromatic carbocycles. The first-order valence-electron chi connectivity index (χ1n) is 10.8. The molecule has 2 aliphatic rings. The number of benzene rings is 2. The smallest absolute Gasteiger partial charge is 0.270 e. The van der Waals surface area contributed by atoms with Crippen LogP contribution in [0, 0.1) is 0 Å². The minimum atomic E-state index is -0.373. The third-order valence-electron chi connectivity index (χ3n) is 6.16. The molecule has 0 radical (unpaired) electrons. The third kappa shape index (κ3) is 3.87. The van der Waals surface area contributed by atoms with Gasteiger partial charge in [-0.25, -0.2) is 0 Å². The van der Waals surface area contributed by atoms with Crippen molar-refractivity contribution in [1.82, 2.24) is 19.7 Å². The van der Waals surface area contributed by atoms with Gasteiger partial charge in [-0.1, -0.05) is 18.2 Å². The molecule has 3 heterocycles. The number of fused-ring (bicyclic) bond motifs is 2. The lowest BCUT2D eigenvalue weighted by atomic mass is 10.1. The molecule has 0 atom stereocenters. The summed E-state index contributed by atoms with van der Waals surface area (Å²) in [6, 6.07) is 14.4. The number of hydrogen-bond donors (Lipinski definition) is 2. The van der Waals surface area contributed by atoms with Crippen LogP contribution in [0.1, 0.15) is 31.2 Å². The van der Waals surface area contributed by atoms with E-state index in [0.717, 1.165) is 15.8 Å². The van der Waals surface area contributed by atoms with Gasteiger partial charge in [0.05, 0.1) is 17.7 Å². The van der Waals surface area contributed by atoms with E-state index in [4.69, 9.17) is 0 Å². The number of nitrogens with zero attached hydrogens (tertiary/aromatic N) is 3. The molecule has 2 N–H and O–H groups in total. The monoisotopic (exact) mass is 445 g/mol. The fourth-order valence-electron chi connectivity index (χ4n) is 4.31. The number of hydrogen-bond acceptors (Lipinski definition) is 5. The predicted octanol–water partition coefficient (Wildman–Crippen LogP) is 1.79. The second kappa shape index (κ2) is 8.18. The minimum Gasteiger partial charge on any atom is -0.351 e. The number of para-hydroxylation sites is 1. The molecular weight excluding hydrogens is 422 g/mol. The summed E-state index contributed by atoms with van der Waals surface area (Å²) in [4.78, 5) is 57.5. The van der Waals surface area contributed by atoms with Crippen molar-refractivity contribution in [3.63, 3.8) is 0 Å². The van der Waals surface area contributed by atoms with Crippen LogP contribution in [0.3, 0.4) is 0 Å². The number of carbonyl (C=O) groups is 4. The fourth-order valence-corrected chi connectivity index (χ4v) is 4.31. The van der Waals surface area contributed by atoms with E-state index in [1.54, 1.807) is 17.0 Å². The van der Waals surface area contributed by atoms with E-state index >= 15 is 0 Å². The number of carbonyl (C=O) groups excluding carboxylic acids is 4. The van der Waals surface area contributed by atoms with Gasteiger partial charge in [0.1, 0.15) is 5.69 Å². The van der Waals surface area contributed by atoms with Crippen LogP contribution in [-0.4, -0.2) is 83.1 Å². The Bertz CT molecular complexity index is 1260. The zero-order valence-electron chi connectivity index (χ0n) is 18.1. The molecule has 3 aromatic rings. The lowest BCUT2D eigenvalue weighted by Gasteiger charge is -2.34. The molecule has 168 valence electrons. The van der Waals surface area contributed by atoms with Crippen molar-refractivity contribution in [3.05, 3.63) is 65.4 Å². The van der Waals surface area contributed by atoms with E-state index in [0.29, 0.717) is 48.7 Å². The van der Waals surface area contributed by atoms with Crippen molar-refractivity contribution in [2.45, 2.75) is 0 Å². The molecule has 5 rings (SSSR count). The average Bonchev–Trinajstić information content (AvgIpc) is 3.35. The van der Waals surface area contributed by atoms with Crippen molar-refractivity contribution >= 4 is 40.2 Å². The minimum absolute atomic E-state index is 0.0439. The Balaban J connectivity index is 1.15. The van der Waals surface area contributed by atoms with Crippen LogP contribution < -0.4 is 5.32 Å². The molecule has 1 aromatic heterocycles. The van der Waals surface area contributed by atoms with Crippen molar-refractivity contribution in [1.29, 1.82) is 0 Å². The Morgan fingerprint density at radius 3 is 2.42 bits per heavy atom. The molecule has 0 saturated carbocycles. The van der Waals surface area contributed by atoms with Gasteiger partial charge in [-0.3, -0.25) is 29.0 Å². The first kappa shape index (κ1) is 20.9. The molecule has 4 amide bonds. The topological polar surface area (TPSA) is 106 Å². The summed E-state index contributed by atoms with van der Waals surface area (Å²) in [5, 5.41) is 3.80. The van der Waals surface area contributed by atoms with Crippen molar-refractivity contribution in [2.24, 2.45) is 0 Å². The largest absolute Gasteiger partial charge is 0.351 e. The summed E-state index contributed by atoms with van der Waals surface area (Å²) in [5.74, 6) is -0.970. The molecule has 2 aliphatic heterocycles. The van der Waals surface area contributed by atoms with Crippen molar-refractivity contribution in [3.8, 4) is 0 Å². The zero-order valence-corrected chi connectivity index (χ0v) is 18.1. The second-order valence-corrected chi connectivity index (χ2v) is 8.32. The molecule has 33 heavy (non-hydrogen) atoms. The van der Waals surface area contributed by atoms with E-state index in [1.165, 1.54) is 13.1 Å². The van der Waals surface area contributed by atoms with Gasteiger partial charge in [0.15, 0.2) is 0 Å². The summed E-state index contributed by atoms with van der Waals surface area (Å²) in [6.07, 6.45) is 0. The van der Waals surface area contributed by atoms with Gasteiger partial charge in [-0.2, -0.15) is 0 Å². The van der Waals surface area contributed by atoms with Gasteiger partial charge in [0.2, 0.25) is 5.91 Å². The van der Waals surface area contributed by atoms with Gasteiger partial charge in [-0.05, 0) is 30.3 Å². The number of anilines is 1. The van der Waals surface area contributed by atoms with E-state index in [2.05, 4.69) is 10.3 Å². The van der Waals surface area contributed by atoms with Gasteiger partial charge in [0.25, 0.3) is 17.7 Å². The highest BCUT2D eigenvalue weighted by molar-refractivity contribution is 6.21. The zero-order chi connectivity index (χ0) is 23.1. The summed E-state index contributed by atoms with van der Waals surface area (Å²) >= 11 is 0. The maximum atomic E-state index is 12.8. The quantitative estimate of drug-likeness (QED) is 0.596. The number of nitrogens with one attached hydrogen (secondary N) is 2. The Kier molecular flexibility index (Phi) is 5.18. The highest BCUT2D eigenvalue weighted by Crippen LogP contribution is 2.25. The van der Waals surface area contributed by atoms with Crippen LogP contribution in [-0.2, 0) is 4.79 Å². The molecular formula is C24H23N5O4. The molecule has 1 saturated heterocycles. The van der Waals surface area contributed by atoms with Gasteiger partial charge in [0, 0.05) is 49.8 Å². The number of aromatic nitrogens is 1. The van der Waals surface area contributed by atoms with Crippen LogP contribution in [0.4, 0.5) is 5.69 Å². The number of rotatable bonds is 4. The number of aromatic amines is 1. The highest BCUT2D eigenvalue weighted by Gasteiger charge is 2.33. The lowest BCUT2D eigenvalue weighted by Crippen LogP contribution is -2.50. The van der Waals surface area contributed by atoms with Crippen LogP contribution in [0.25, 0.3) is 10.9 Å². The number of piperazine rings is 1. The van der Waals surface area contributed by atoms with Crippen LogP contribution in [0.5, 0.6) is 0 Å². The molecule has 0 unspecified atom stereocenters. The van der Waals surface area contributed by atoms with Gasteiger partial charge in [-0.15, -0.1) is 0 Å². The average molecular weight is 445 g/mol. The predicted molar refractivity (Wildman–Crippen MR) is 122 cm³/mol. The van der Waals surface area contributed by atoms with Gasteiger partial charge < -0.3 is 15.2 Å². The Morgan fingerprint density at radius 2 is 1.67 bits per heavy atom. The van der Waals surface area contributed by atoms with E-state index in [1.807, 2.05) is 35.2 Å². The summed E-state index contributed by atoms with van der Waals surface area (Å²) < 4.78 is 0. The molecule has 0 aliphatic carbocycles. The normalized spacial score (nSPS) is 16.4. The van der Waals surface area contributed by atoms with Crippen LogP contribution in [0.2, 0.25) is 0 Å². The van der Waals surface area contributed by atoms with Gasteiger partial charge >= 0.3 is 0 Å². The molecule has 1 fully saturated rings. The molecule has 0 bridgehead atoms. The van der Waals surface area contributed by atoms with E-state index in [9.17, 15) is 19.2 Å². The lowest BCUT2D eigenvalue weighted by molar-refractivity contribution is -0.117. The first-order chi connectivity index (χ1) is 15.9. The maximum absolute atomic E-state index is 12.8. The number of amides is 4. The SMILES string of the molecule is CN1C(=O)c2ccc(NC(=O)CN3CCN(C(=O)c4cc5ccccc5[nH]4)CC3)cc2C1=O. The molecule has 0 spiro atoms. The highest BCUT2D eigenvalue weighted by atomic mass is 16.2. The van der Waals surface area contributed by atoms with Crippen molar-refractivity contribution < 1.29 is 19.2 Å². The first-order valence-corrected chi connectivity index (χ1v) is 10.8. The van der Waals surface area contributed by atoms with Crippen molar-refractivity contribution in [2.75, 3.05) is 45.1 Å². The Morgan fingerprint density at radius 1 is 0.939 bits per heavy atom. The van der Waals surface area contributed by atoms with E-state index < -0.39 is 0 Å². The Hall–Kier alpha value is -3.98. The fraction of sp³-hybridized carbons (Fsp3) is 0.250. The maximum Gasteiger partial charge on any atom is 0.270 e. The second-order valence-electron chi connectivity index (χ2n) is 8.32.